The minimum atomic E-state index is -0.259. The van der Waals surface area contributed by atoms with Gasteiger partial charge in [0, 0.05) is 18.2 Å². The van der Waals surface area contributed by atoms with Crippen molar-refractivity contribution in [2.24, 2.45) is 0 Å². The first-order valence-corrected chi connectivity index (χ1v) is 9.99. The van der Waals surface area contributed by atoms with Crippen molar-refractivity contribution in [3.8, 4) is 10.6 Å². The van der Waals surface area contributed by atoms with Gasteiger partial charge in [0.2, 0.25) is 5.91 Å². The Hall–Kier alpha value is -3.51. The molecule has 4 aromatic rings. The van der Waals surface area contributed by atoms with Crippen molar-refractivity contribution in [1.82, 2.24) is 9.88 Å². The lowest BCUT2D eigenvalue weighted by Crippen LogP contribution is -2.35. The molecule has 0 saturated heterocycles. The quantitative estimate of drug-likeness (QED) is 0.528. The van der Waals surface area contributed by atoms with Crippen LogP contribution >= 0.6 is 11.3 Å². The maximum Gasteiger partial charge on any atom is 0.254 e. The molecular weight excluding hydrogens is 382 g/mol. The summed E-state index contributed by atoms with van der Waals surface area (Å²) in [5.41, 5.74) is 3.02. The average molecular weight is 401 g/mol. The summed E-state index contributed by atoms with van der Waals surface area (Å²) in [5.74, 6) is -0.453. The Balaban J connectivity index is 1.51. The summed E-state index contributed by atoms with van der Waals surface area (Å²) in [6.45, 7) is -0.0398. The first-order valence-electron chi connectivity index (χ1n) is 9.17. The third kappa shape index (κ3) is 4.17. The number of carbonyl (C=O) groups is 2. The fourth-order valence-corrected chi connectivity index (χ4v) is 4.05. The maximum absolute atomic E-state index is 12.6. The fourth-order valence-electron chi connectivity index (χ4n) is 3.04. The number of fused-ring (bicyclic) bond motifs is 1. The Bertz CT molecular complexity index is 1140. The Morgan fingerprint density at radius 1 is 0.931 bits per heavy atom. The first kappa shape index (κ1) is 18.8. The third-order valence-corrected chi connectivity index (χ3v) is 5.54. The summed E-state index contributed by atoms with van der Waals surface area (Å²) in [4.78, 5) is 31.1. The van der Waals surface area contributed by atoms with Gasteiger partial charge < -0.3 is 10.2 Å². The van der Waals surface area contributed by atoms with Crippen LogP contribution in [0.2, 0.25) is 0 Å². The lowest BCUT2D eigenvalue weighted by Gasteiger charge is -2.17. The number of benzene rings is 3. The van der Waals surface area contributed by atoms with E-state index in [-0.39, 0.29) is 18.4 Å². The Labute approximate surface area is 172 Å². The highest BCUT2D eigenvalue weighted by Crippen LogP contribution is 2.34. The van der Waals surface area contributed by atoms with Gasteiger partial charge in [0.25, 0.3) is 5.91 Å². The molecule has 0 bridgehead atoms. The van der Waals surface area contributed by atoms with Crippen LogP contribution in [0.25, 0.3) is 20.8 Å². The van der Waals surface area contributed by atoms with Gasteiger partial charge in [-0.25, -0.2) is 4.98 Å². The summed E-state index contributed by atoms with van der Waals surface area (Å²) in [6, 6.07) is 24.4. The molecule has 144 valence electrons. The predicted molar refractivity (Wildman–Crippen MR) is 117 cm³/mol. The minimum absolute atomic E-state index is 0.0398. The SMILES string of the molecule is CN(CC(=O)Nc1ccccc1-c1nc2ccccc2s1)C(=O)c1ccccc1. The van der Waals surface area contributed by atoms with Crippen molar-refractivity contribution in [2.75, 3.05) is 18.9 Å². The number of aromatic nitrogens is 1. The highest BCUT2D eigenvalue weighted by Gasteiger charge is 2.17. The van der Waals surface area contributed by atoms with E-state index in [1.807, 2.05) is 54.6 Å². The molecule has 0 radical (unpaired) electrons. The second-order valence-corrected chi connectivity index (χ2v) is 7.64. The van der Waals surface area contributed by atoms with Crippen LogP contribution in [0.3, 0.4) is 0 Å². The van der Waals surface area contributed by atoms with Crippen LogP contribution < -0.4 is 5.32 Å². The molecule has 0 unspecified atom stereocenters. The topological polar surface area (TPSA) is 62.3 Å². The number of carbonyl (C=O) groups excluding carboxylic acids is 2. The van der Waals surface area contributed by atoms with Crippen molar-refractivity contribution in [3.63, 3.8) is 0 Å². The number of likely N-dealkylation sites (N-methyl/N-ethyl adjacent to an activating group) is 1. The fraction of sp³-hybridized carbons (Fsp3) is 0.0870. The molecule has 0 spiro atoms. The van der Waals surface area contributed by atoms with E-state index >= 15 is 0 Å². The third-order valence-electron chi connectivity index (χ3n) is 4.47. The van der Waals surface area contributed by atoms with Crippen LogP contribution in [0.5, 0.6) is 0 Å². The summed E-state index contributed by atoms with van der Waals surface area (Å²) in [6.07, 6.45) is 0. The smallest absolute Gasteiger partial charge is 0.254 e. The molecule has 0 atom stereocenters. The second kappa shape index (κ2) is 8.24. The summed E-state index contributed by atoms with van der Waals surface area (Å²) in [7, 11) is 1.62. The summed E-state index contributed by atoms with van der Waals surface area (Å²) >= 11 is 1.58. The molecule has 6 heteroatoms. The number of hydrogen-bond donors (Lipinski definition) is 1. The number of rotatable bonds is 5. The molecule has 5 nitrogen and oxygen atoms in total. The van der Waals surface area contributed by atoms with E-state index in [2.05, 4.69) is 10.3 Å². The predicted octanol–water partition coefficient (Wildman–Crippen LogP) is 4.67. The first-order chi connectivity index (χ1) is 14.1. The molecule has 3 aromatic carbocycles. The number of amides is 2. The lowest BCUT2D eigenvalue weighted by atomic mass is 10.2. The van der Waals surface area contributed by atoms with Crippen LogP contribution in [0.15, 0.2) is 78.9 Å². The molecule has 0 aliphatic heterocycles. The minimum Gasteiger partial charge on any atom is -0.332 e. The summed E-state index contributed by atoms with van der Waals surface area (Å²) < 4.78 is 1.09. The number of nitrogens with zero attached hydrogens (tertiary/aromatic N) is 2. The molecular formula is C23H19N3O2S. The number of nitrogens with one attached hydrogen (secondary N) is 1. The Morgan fingerprint density at radius 3 is 2.41 bits per heavy atom. The molecule has 29 heavy (non-hydrogen) atoms. The average Bonchev–Trinajstić information content (AvgIpc) is 3.18. The zero-order valence-corrected chi connectivity index (χ0v) is 16.6. The van der Waals surface area contributed by atoms with Gasteiger partial charge >= 0.3 is 0 Å². The standard InChI is InChI=1S/C23H19N3O2S/c1-26(23(28)16-9-3-2-4-10-16)15-21(27)24-18-12-6-5-11-17(18)22-25-19-13-7-8-14-20(19)29-22/h2-14H,15H2,1H3,(H,24,27). The van der Waals surface area contributed by atoms with Crippen molar-refractivity contribution in [2.45, 2.75) is 0 Å². The molecule has 4 rings (SSSR count). The van der Waals surface area contributed by atoms with Gasteiger partial charge in [0.1, 0.15) is 5.01 Å². The van der Waals surface area contributed by atoms with Gasteiger partial charge in [-0.05, 0) is 36.4 Å². The van der Waals surface area contributed by atoms with E-state index in [1.54, 1.807) is 42.6 Å². The lowest BCUT2D eigenvalue weighted by molar-refractivity contribution is -0.116. The number of hydrogen-bond acceptors (Lipinski definition) is 4. The van der Waals surface area contributed by atoms with E-state index in [0.717, 1.165) is 20.8 Å². The molecule has 0 aliphatic rings. The number of para-hydroxylation sites is 2. The molecule has 1 aromatic heterocycles. The van der Waals surface area contributed by atoms with Gasteiger partial charge in [0.05, 0.1) is 22.4 Å². The van der Waals surface area contributed by atoms with E-state index in [1.165, 1.54) is 4.90 Å². The van der Waals surface area contributed by atoms with Crippen molar-refractivity contribution in [1.29, 1.82) is 0 Å². The van der Waals surface area contributed by atoms with Gasteiger partial charge in [0.15, 0.2) is 0 Å². The number of anilines is 1. The zero-order chi connectivity index (χ0) is 20.2. The van der Waals surface area contributed by atoms with Crippen molar-refractivity contribution >= 4 is 39.1 Å². The van der Waals surface area contributed by atoms with Crippen LogP contribution in [-0.2, 0) is 4.79 Å². The van der Waals surface area contributed by atoms with Crippen LogP contribution in [0, 0.1) is 0 Å². The van der Waals surface area contributed by atoms with Crippen molar-refractivity contribution < 1.29 is 9.59 Å². The van der Waals surface area contributed by atoms with Gasteiger partial charge in [-0.1, -0.05) is 42.5 Å². The van der Waals surface area contributed by atoms with E-state index in [9.17, 15) is 9.59 Å². The van der Waals surface area contributed by atoms with Gasteiger partial charge in [-0.15, -0.1) is 11.3 Å². The monoisotopic (exact) mass is 401 g/mol. The van der Waals surface area contributed by atoms with Crippen LogP contribution in [0.4, 0.5) is 5.69 Å². The second-order valence-electron chi connectivity index (χ2n) is 6.61. The molecule has 0 aliphatic carbocycles. The molecule has 2 amide bonds. The Kier molecular flexibility index (Phi) is 5.35. The number of thiazole rings is 1. The molecule has 0 saturated carbocycles. The van der Waals surface area contributed by atoms with E-state index in [0.29, 0.717) is 11.3 Å². The van der Waals surface area contributed by atoms with E-state index in [4.69, 9.17) is 0 Å². The largest absolute Gasteiger partial charge is 0.332 e. The normalized spacial score (nSPS) is 10.7. The van der Waals surface area contributed by atoms with Crippen molar-refractivity contribution in [3.05, 3.63) is 84.4 Å². The molecule has 1 heterocycles. The summed E-state index contributed by atoms with van der Waals surface area (Å²) in [5, 5.41) is 3.77. The van der Waals surface area contributed by atoms with Gasteiger partial charge in [-0.3, -0.25) is 9.59 Å². The van der Waals surface area contributed by atoms with E-state index < -0.39 is 0 Å². The highest BCUT2D eigenvalue weighted by atomic mass is 32.1. The zero-order valence-electron chi connectivity index (χ0n) is 15.8. The Morgan fingerprint density at radius 2 is 1.62 bits per heavy atom. The van der Waals surface area contributed by atoms with Crippen LogP contribution in [-0.4, -0.2) is 35.3 Å². The molecule has 1 N–H and O–H groups in total. The highest BCUT2D eigenvalue weighted by molar-refractivity contribution is 7.21. The molecule has 0 fully saturated rings. The maximum atomic E-state index is 12.6. The van der Waals surface area contributed by atoms with Gasteiger partial charge in [-0.2, -0.15) is 0 Å². The van der Waals surface area contributed by atoms with Crippen LogP contribution in [0.1, 0.15) is 10.4 Å².